The fourth-order valence-corrected chi connectivity index (χ4v) is 3.08. The van der Waals surface area contributed by atoms with Crippen molar-refractivity contribution in [3.05, 3.63) is 60.4 Å². The van der Waals surface area contributed by atoms with E-state index in [2.05, 4.69) is 20.4 Å². The molecule has 2 aromatic carbocycles. The lowest BCUT2D eigenvalue weighted by molar-refractivity contribution is 0.244. The molecule has 1 aliphatic heterocycles. The highest BCUT2D eigenvalue weighted by Crippen LogP contribution is 2.16. The summed E-state index contributed by atoms with van der Waals surface area (Å²) in [4.78, 5) is 16.5. The molecule has 2 N–H and O–H groups in total. The van der Waals surface area contributed by atoms with E-state index in [1.807, 2.05) is 42.5 Å². The number of carbonyl (C=O) groups is 1. The number of amides is 2. The van der Waals surface area contributed by atoms with Crippen LogP contribution in [0.15, 0.2) is 54.6 Å². The normalized spacial score (nSPS) is 14.9. The number of rotatable bonds is 6. The summed E-state index contributed by atoms with van der Waals surface area (Å²) in [5.74, 6) is -0.198. The first-order valence-corrected chi connectivity index (χ1v) is 9.03. The zero-order chi connectivity index (χ0) is 18.2. The number of nitrogens with one attached hydrogen (secondary N) is 2. The Morgan fingerprint density at radius 1 is 0.962 bits per heavy atom. The summed E-state index contributed by atoms with van der Waals surface area (Å²) in [6.45, 7) is 5.45. The molecule has 0 atom stereocenters. The highest BCUT2D eigenvalue weighted by atomic mass is 19.1. The Morgan fingerprint density at radius 2 is 1.65 bits per heavy atom. The molecule has 0 aliphatic carbocycles. The van der Waals surface area contributed by atoms with E-state index in [0.717, 1.165) is 50.5 Å². The van der Waals surface area contributed by atoms with Crippen LogP contribution in [0.5, 0.6) is 0 Å². The number of halogens is 1. The van der Waals surface area contributed by atoms with E-state index < -0.39 is 0 Å². The number of hydrogen-bond donors (Lipinski definition) is 2. The summed E-state index contributed by atoms with van der Waals surface area (Å²) in [5.41, 5.74) is 1.87. The molecule has 0 spiro atoms. The fraction of sp³-hybridized carbons (Fsp3) is 0.350. The minimum atomic E-state index is -0.198. The molecule has 0 saturated carbocycles. The van der Waals surface area contributed by atoms with Gasteiger partial charge in [-0.3, -0.25) is 4.90 Å². The largest absolute Gasteiger partial charge is 0.369 e. The summed E-state index contributed by atoms with van der Waals surface area (Å²) in [7, 11) is 0. The van der Waals surface area contributed by atoms with Crippen molar-refractivity contribution in [2.24, 2.45) is 0 Å². The van der Waals surface area contributed by atoms with Crippen LogP contribution in [0.2, 0.25) is 0 Å². The molecule has 2 amide bonds. The van der Waals surface area contributed by atoms with E-state index in [4.69, 9.17) is 0 Å². The highest BCUT2D eigenvalue weighted by Gasteiger charge is 2.16. The molecule has 5 nitrogen and oxygen atoms in total. The third-order valence-corrected chi connectivity index (χ3v) is 4.53. The van der Waals surface area contributed by atoms with Crippen molar-refractivity contribution in [2.45, 2.75) is 6.42 Å². The maximum absolute atomic E-state index is 13.0. The van der Waals surface area contributed by atoms with Crippen molar-refractivity contribution >= 4 is 17.4 Å². The molecular weight excluding hydrogens is 331 g/mol. The molecular formula is C20H25FN4O. The van der Waals surface area contributed by atoms with Crippen LogP contribution in [0.1, 0.15) is 6.42 Å². The van der Waals surface area contributed by atoms with Crippen molar-refractivity contribution in [1.82, 2.24) is 10.2 Å². The monoisotopic (exact) mass is 356 g/mol. The van der Waals surface area contributed by atoms with Gasteiger partial charge in [-0.05, 0) is 49.4 Å². The Labute approximate surface area is 153 Å². The van der Waals surface area contributed by atoms with Gasteiger partial charge in [-0.1, -0.05) is 18.2 Å². The van der Waals surface area contributed by atoms with Crippen LogP contribution in [0.4, 0.5) is 20.6 Å². The van der Waals surface area contributed by atoms with Gasteiger partial charge in [-0.15, -0.1) is 0 Å². The maximum Gasteiger partial charge on any atom is 0.319 e. The van der Waals surface area contributed by atoms with Gasteiger partial charge >= 0.3 is 6.03 Å². The van der Waals surface area contributed by atoms with Crippen LogP contribution in [0.3, 0.4) is 0 Å². The molecule has 6 heteroatoms. The number of piperazine rings is 1. The summed E-state index contributed by atoms with van der Waals surface area (Å²) in [5, 5.41) is 5.70. The summed E-state index contributed by atoms with van der Waals surface area (Å²) in [6, 6.07) is 15.9. The van der Waals surface area contributed by atoms with Crippen LogP contribution < -0.4 is 15.5 Å². The number of hydrogen-bond acceptors (Lipinski definition) is 3. The Kier molecular flexibility index (Phi) is 6.44. The Morgan fingerprint density at radius 3 is 2.35 bits per heavy atom. The average Bonchev–Trinajstić information content (AvgIpc) is 2.67. The van der Waals surface area contributed by atoms with Gasteiger partial charge in [-0.2, -0.15) is 0 Å². The smallest absolute Gasteiger partial charge is 0.319 e. The molecule has 0 unspecified atom stereocenters. The molecule has 0 aromatic heterocycles. The average molecular weight is 356 g/mol. The third kappa shape index (κ3) is 5.46. The minimum Gasteiger partial charge on any atom is -0.369 e. The first-order chi connectivity index (χ1) is 12.7. The van der Waals surface area contributed by atoms with E-state index in [0.29, 0.717) is 6.54 Å². The molecule has 3 rings (SSSR count). The van der Waals surface area contributed by atoms with Crippen molar-refractivity contribution < 1.29 is 9.18 Å². The number of anilines is 2. The Bertz CT molecular complexity index is 685. The number of carbonyl (C=O) groups excluding carboxylic acids is 1. The van der Waals surface area contributed by atoms with Gasteiger partial charge in [0.2, 0.25) is 0 Å². The van der Waals surface area contributed by atoms with Crippen LogP contribution in [-0.2, 0) is 0 Å². The lowest BCUT2D eigenvalue weighted by Crippen LogP contribution is -2.47. The van der Waals surface area contributed by atoms with Gasteiger partial charge in [0, 0.05) is 44.1 Å². The Balaban J connectivity index is 1.30. The SMILES string of the molecule is O=C(NCCCN1CCN(c2ccc(F)cc2)CC1)Nc1ccccc1. The van der Waals surface area contributed by atoms with Crippen LogP contribution >= 0.6 is 0 Å². The van der Waals surface area contributed by atoms with Crippen LogP contribution in [0.25, 0.3) is 0 Å². The number of benzene rings is 2. The minimum absolute atomic E-state index is 0.169. The second-order valence-electron chi connectivity index (χ2n) is 6.41. The molecule has 1 saturated heterocycles. The summed E-state index contributed by atoms with van der Waals surface area (Å²) < 4.78 is 13.0. The van der Waals surface area contributed by atoms with E-state index in [-0.39, 0.29) is 11.8 Å². The van der Waals surface area contributed by atoms with Crippen molar-refractivity contribution in [3.8, 4) is 0 Å². The molecule has 26 heavy (non-hydrogen) atoms. The maximum atomic E-state index is 13.0. The highest BCUT2D eigenvalue weighted by molar-refractivity contribution is 5.89. The molecule has 0 bridgehead atoms. The fourth-order valence-electron chi connectivity index (χ4n) is 3.08. The van der Waals surface area contributed by atoms with E-state index in [9.17, 15) is 9.18 Å². The van der Waals surface area contributed by atoms with Crippen LogP contribution in [-0.4, -0.2) is 50.2 Å². The molecule has 0 radical (unpaired) electrons. The molecule has 1 aliphatic rings. The molecule has 2 aromatic rings. The zero-order valence-electron chi connectivity index (χ0n) is 14.8. The predicted octanol–water partition coefficient (Wildman–Crippen LogP) is 3.16. The van der Waals surface area contributed by atoms with E-state index in [1.54, 1.807) is 0 Å². The predicted molar refractivity (Wildman–Crippen MR) is 103 cm³/mol. The standard InChI is InChI=1S/C20H25FN4O/c21-17-7-9-19(10-8-17)25-15-13-24(14-16-25)12-4-11-22-20(26)23-18-5-2-1-3-6-18/h1-3,5-10H,4,11-16H2,(H2,22,23,26). The van der Waals surface area contributed by atoms with Gasteiger partial charge in [0.05, 0.1) is 0 Å². The van der Waals surface area contributed by atoms with Gasteiger partial charge in [0.1, 0.15) is 5.82 Å². The van der Waals surface area contributed by atoms with Crippen molar-refractivity contribution in [1.29, 1.82) is 0 Å². The quantitative estimate of drug-likeness (QED) is 0.782. The lowest BCUT2D eigenvalue weighted by Gasteiger charge is -2.36. The van der Waals surface area contributed by atoms with Crippen molar-refractivity contribution in [2.75, 3.05) is 49.5 Å². The molecule has 1 fully saturated rings. The van der Waals surface area contributed by atoms with Gasteiger partial charge in [-0.25, -0.2) is 9.18 Å². The number of urea groups is 1. The second kappa shape index (κ2) is 9.20. The van der Waals surface area contributed by atoms with E-state index >= 15 is 0 Å². The van der Waals surface area contributed by atoms with Gasteiger partial charge in [0.25, 0.3) is 0 Å². The first kappa shape index (κ1) is 18.2. The number of nitrogens with zero attached hydrogens (tertiary/aromatic N) is 2. The zero-order valence-corrected chi connectivity index (χ0v) is 14.8. The summed E-state index contributed by atoms with van der Waals surface area (Å²) >= 11 is 0. The first-order valence-electron chi connectivity index (χ1n) is 9.03. The molecule has 138 valence electrons. The lowest BCUT2D eigenvalue weighted by atomic mass is 10.2. The second-order valence-corrected chi connectivity index (χ2v) is 6.41. The van der Waals surface area contributed by atoms with Gasteiger partial charge < -0.3 is 15.5 Å². The van der Waals surface area contributed by atoms with E-state index in [1.165, 1.54) is 12.1 Å². The molecule has 1 heterocycles. The topological polar surface area (TPSA) is 47.6 Å². The van der Waals surface area contributed by atoms with Crippen LogP contribution in [0, 0.1) is 5.82 Å². The summed E-state index contributed by atoms with van der Waals surface area (Å²) in [6.07, 6.45) is 0.915. The van der Waals surface area contributed by atoms with Crippen molar-refractivity contribution in [3.63, 3.8) is 0 Å². The third-order valence-electron chi connectivity index (χ3n) is 4.53. The number of para-hydroxylation sites is 1. The Hall–Kier alpha value is -2.60. The van der Waals surface area contributed by atoms with Gasteiger partial charge in [0.15, 0.2) is 0 Å².